The molecule has 0 saturated carbocycles. The van der Waals surface area contributed by atoms with Crippen LogP contribution in [0.3, 0.4) is 0 Å². The minimum Gasteiger partial charge on any atom is -0.384 e. The van der Waals surface area contributed by atoms with Crippen LogP contribution in [-0.4, -0.2) is 39.5 Å². The lowest BCUT2D eigenvalue weighted by Gasteiger charge is -2.30. The lowest BCUT2D eigenvalue weighted by Crippen LogP contribution is -2.45. The maximum Gasteiger partial charge on any atom is 0.332 e. The van der Waals surface area contributed by atoms with Crippen LogP contribution >= 0.6 is 0 Å². The molecule has 1 aromatic rings. The summed E-state index contributed by atoms with van der Waals surface area (Å²) in [6.45, 7) is 8.30. The maximum absolute atomic E-state index is 12.7. The van der Waals surface area contributed by atoms with E-state index in [0.717, 1.165) is 30.5 Å². The molecule has 0 bridgehead atoms. The molecule has 24 heavy (non-hydrogen) atoms. The Morgan fingerprint density at radius 1 is 1.33 bits per heavy atom. The highest BCUT2D eigenvalue weighted by Gasteiger charge is 2.25. The van der Waals surface area contributed by atoms with Crippen molar-refractivity contribution in [1.82, 2.24) is 14.0 Å². The predicted molar refractivity (Wildman–Crippen MR) is 94.4 cm³/mol. The first-order valence-electron chi connectivity index (χ1n) is 8.57. The van der Waals surface area contributed by atoms with Crippen LogP contribution in [-0.2, 0) is 13.6 Å². The fourth-order valence-electron chi connectivity index (χ4n) is 3.30. The molecule has 134 valence electrons. The Hall–Kier alpha value is -1.89. The number of hydrogen-bond donors (Lipinski definition) is 1. The average Bonchev–Trinajstić information content (AvgIpc) is 2.49. The topological polar surface area (TPSA) is 90.3 Å². The largest absolute Gasteiger partial charge is 0.384 e. The number of aromatic nitrogens is 2. The van der Waals surface area contributed by atoms with Crippen LogP contribution in [0.25, 0.3) is 0 Å². The number of rotatable bonds is 5. The first-order chi connectivity index (χ1) is 11.2. The number of hydrogen-bond acceptors (Lipinski definition) is 5. The number of ketones is 1. The number of carbonyl (C=O) groups excluding carboxylic acids is 1. The highest BCUT2D eigenvalue weighted by molar-refractivity contribution is 6.01. The molecule has 0 aromatic carbocycles. The second-order valence-corrected chi connectivity index (χ2v) is 7.32. The molecule has 2 N–H and O–H groups in total. The second-order valence-electron chi connectivity index (χ2n) is 7.32. The Kier molecular flexibility index (Phi) is 5.64. The smallest absolute Gasteiger partial charge is 0.332 e. The molecule has 1 fully saturated rings. The third kappa shape index (κ3) is 3.77. The molecule has 7 nitrogen and oxygen atoms in total. The number of anilines is 1. The van der Waals surface area contributed by atoms with Crippen LogP contribution in [0.4, 0.5) is 5.82 Å². The van der Waals surface area contributed by atoms with Gasteiger partial charge in [-0.2, -0.15) is 0 Å². The molecule has 0 spiro atoms. The fraction of sp³-hybridized carbons (Fsp3) is 0.706. The van der Waals surface area contributed by atoms with Crippen molar-refractivity contribution in [1.29, 1.82) is 0 Å². The summed E-state index contributed by atoms with van der Waals surface area (Å²) in [6.07, 6.45) is 2.21. The molecule has 2 rings (SSSR count). The highest BCUT2D eigenvalue weighted by atomic mass is 16.2. The summed E-state index contributed by atoms with van der Waals surface area (Å²) in [5, 5.41) is 0. The molecule has 0 aliphatic carbocycles. The van der Waals surface area contributed by atoms with Crippen LogP contribution < -0.4 is 17.0 Å². The molecule has 2 heterocycles. The Bertz CT molecular complexity index is 733. The molecular weight excluding hydrogens is 308 g/mol. The van der Waals surface area contributed by atoms with E-state index in [9.17, 15) is 14.4 Å². The molecule has 1 unspecified atom stereocenters. The Morgan fingerprint density at radius 2 is 2.00 bits per heavy atom. The van der Waals surface area contributed by atoms with Gasteiger partial charge in [-0.25, -0.2) is 4.79 Å². The summed E-state index contributed by atoms with van der Waals surface area (Å²) in [4.78, 5) is 39.5. The van der Waals surface area contributed by atoms with Gasteiger partial charge in [0.2, 0.25) is 0 Å². The van der Waals surface area contributed by atoms with Crippen LogP contribution in [0.2, 0.25) is 0 Å². The zero-order valence-corrected chi connectivity index (χ0v) is 15.0. The summed E-state index contributed by atoms with van der Waals surface area (Å²) >= 11 is 0. The number of nitrogens with zero attached hydrogens (tertiary/aromatic N) is 3. The van der Waals surface area contributed by atoms with Crippen LogP contribution in [0.15, 0.2) is 9.59 Å². The van der Waals surface area contributed by atoms with E-state index in [2.05, 4.69) is 11.8 Å². The van der Waals surface area contributed by atoms with E-state index in [1.807, 2.05) is 13.8 Å². The predicted octanol–water partition coefficient (Wildman–Crippen LogP) is 0.700. The zero-order chi connectivity index (χ0) is 18.0. The molecule has 0 amide bonds. The number of carbonyl (C=O) groups is 1. The number of piperidine rings is 1. The molecule has 1 atom stereocenters. The van der Waals surface area contributed by atoms with Crippen molar-refractivity contribution >= 4 is 11.6 Å². The van der Waals surface area contributed by atoms with Gasteiger partial charge in [0.15, 0.2) is 5.78 Å². The van der Waals surface area contributed by atoms with Crippen LogP contribution in [0, 0.1) is 11.8 Å². The third-order valence-corrected chi connectivity index (χ3v) is 4.52. The lowest BCUT2D eigenvalue weighted by molar-refractivity contribution is 0.0891. The summed E-state index contributed by atoms with van der Waals surface area (Å²) in [6, 6.07) is 0. The van der Waals surface area contributed by atoms with Gasteiger partial charge in [0.1, 0.15) is 11.4 Å². The van der Waals surface area contributed by atoms with Crippen molar-refractivity contribution in [2.45, 2.75) is 40.2 Å². The molecule has 1 aromatic heterocycles. The van der Waals surface area contributed by atoms with E-state index >= 15 is 0 Å². The van der Waals surface area contributed by atoms with Crippen molar-refractivity contribution in [3.63, 3.8) is 0 Å². The minimum absolute atomic E-state index is 0.00754. The Labute approximate surface area is 142 Å². The molecule has 7 heteroatoms. The van der Waals surface area contributed by atoms with E-state index in [1.165, 1.54) is 11.6 Å². The first-order valence-corrected chi connectivity index (χ1v) is 8.57. The second kappa shape index (κ2) is 7.34. The van der Waals surface area contributed by atoms with Gasteiger partial charge in [-0.05, 0) is 31.2 Å². The average molecular weight is 336 g/mol. The van der Waals surface area contributed by atoms with Gasteiger partial charge in [-0.1, -0.05) is 20.8 Å². The van der Waals surface area contributed by atoms with E-state index in [4.69, 9.17) is 5.73 Å². The summed E-state index contributed by atoms with van der Waals surface area (Å²) in [7, 11) is 1.39. The van der Waals surface area contributed by atoms with Crippen molar-refractivity contribution in [2.75, 3.05) is 25.4 Å². The fourth-order valence-corrected chi connectivity index (χ4v) is 3.30. The van der Waals surface area contributed by atoms with Crippen molar-refractivity contribution < 1.29 is 4.79 Å². The Balaban J connectivity index is 2.38. The van der Waals surface area contributed by atoms with Gasteiger partial charge in [-0.3, -0.25) is 23.6 Å². The molecule has 0 radical (unpaired) electrons. The van der Waals surface area contributed by atoms with E-state index in [0.29, 0.717) is 12.5 Å². The van der Waals surface area contributed by atoms with Gasteiger partial charge in [-0.15, -0.1) is 0 Å². The molecular formula is C17H28N4O3. The van der Waals surface area contributed by atoms with Gasteiger partial charge in [0, 0.05) is 20.1 Å². The van der Waals surface area contributed by atoms with Gasteiger partial charge in [0.25, 0.3) is 5.56 Å². The third-order valence-electron chi connectivity index (χ3n) is 4.52. The molecule has 1 aliphatic heterocycles. The minimum atomic E-state index is -0.604. The quantitative estimate of drug-likeness (QED) is 0.799. The van der Waals surface area contributed by atoms with Crippen molar-refractivity contribution in [3.8, 4) is 0 Å². The summed E-state index contributed by atoms with van der Waals surface area (Å²) in [5.74, 6) is 0.404. The molecule has 1 aliphatic rings. The molecule has 1 saturated heterocycles. The van der Waals surface area contributed by atoms with Gasteiger partial charge in [0.05, 0.1) is 6.54 Å². The van der Waals surface area contributed by atoms with Crippen LogP contribution in [0.1, 0.15) is 44.0 Å². The Morgan fingerprint density at radius 3 is 2.58 bits per heavy atom. The van der Waals surface area contributed by atoms with Crippen molar-refractivity contribution in [2.24, 2.45) is 18.9 Å². The zero-order valence-electron chi connectivity index (χ0n) is 15.0. The summed E-state index contributed by atoms with van der Waals surface area (Å²) < 4.78 is 2.31. The monoisotopic (exact) mass is 336 g/mol. The van der Waals surface area contributed by atoms with E-state index in [-0.39, 0.29) is 29.6 Å². The highest BCUT2D eigenvalue weighted by Crippen LogP contribution is 2.16. The number of nitrogens with two attached hydrogens (primary N) is 1. The number of nitrogen functional groups attached to an aromatic ring is 1. The maximum atomic E-state index is 12.7. The number of Topliss-reactive ketones (excluding diaryl/α,β-unsaturated/α-hetero) is 1. The van der Waals surface area contributed by atoms with Gasteiger partial charge >= 0.3 is 5.69 Å². The summed E-state index contributed by atoms with van der Waals surface area (Å²) in [5.41, 5.74) is 4.90. The van der Waals surface area contributed by atoms with Gasteiger partial charge < -0.3 is 5.73 Å². The lowest BCUT2D eigenvalue weighted by atomic mass is 10.00. The van der Waals surface area contributed by atoms with Crippen molar-refractivity contribution in [3.05, 3.63) is 26.4 Å². The first kappa shape index (κ1) is 18.4. The SMILES string of the molecule is CC(C)Cn1c(N)c(C(=O)CN2CCCC(C)C2)c(=O)n(C)c1=O. The van der Waals surface area contributed by atoms with E-state index in [1.54, 1.807) is 0 Å². The van der Waals surface area contributed by atoms with Crippen LogP contribution in [0.5, 0.6) is 0 Å². The normalized spacial score (nSPS) is 19.0. The number of likely N-dealkylation sites (tertiary alicyclic amines) is 1. The standard InChI is InChI=1S/C17H28N4O3/c1-11(2)8-21-15(18)14(16(23)19(4)17(21)24)13(22)10-20-7-5-6-12(3)9-20/h11-12H,5-10,18H2,1-4H3. The van der Waals surface area contributed by atoms with E-state index < -0.39 is 11.2 Å².